The van der Waals surface area contributed by atoms with Crippen LogP contribution in [-0.2, 0) is 4.79 Å². The van der Waals surface area contributed by atoms with Gasteiger partial charge in [-0.25, -0.2) is 0 Å². The second kappa shape index (κ2) is 8.53. The summed E-state index contributed by atoms with van der Waals surface area (Å²) in [7, 11) is 1.52. The van der Waals surface area contributed by atoms with Gasteiger partial charge in [0, 0.05) is 3.57 Å². The first kappa shape index (κ1) is 18.1. The summed E-state index contributed by atoms with van der Waals surface area (Å²) in [5.74, 6) is 0.115. The fraction of sp³-hybridized carbons (Fsp3) is 0.176. The summed E-state index contributed by atoms with van der Waals surface area (Å²) >= 11 is 2.06. The van der Waals surface area contributed by atoms with Crippen molar-refractivity contribution in [3.63, 3.8) is 0 Å². The fourth-order valence-corrected chi connectivity index (χ4v) is 2.53. The number of ether oxygens (including phenoxy) is 2. The normalized spacial score (nSPS) is 11.3. The van der Waals surface area contributed by atoms with E-state index in [1.165, 1.54) is 7.11 Å². The lowest BCUT2D eigenvalue weighted by molar-refractivity contribution is -0.128. The molecule has 2 amide bonds. The molecular formula is C17H17IN2O4. The highest BCUT2D eigenvalue weighted by Gasteiger charge is 2.18. The number of para-hydroxylation sites is 2. The monoisotopic (exact) mass is 440 g/mol. The predicted octanol–water partition coefficient (Wildman–Crippen LogP) is 2.53. The van der Waals surface area contributed by atoms with Gasteiger partial charge in [0.1, 0.15) is 0 Å². The van der Waals surface area contributed by atoms with Crippen LogP contribution < -0.4 is 20.3 Å². The van der Waals surface area contributed by atoms with Gasteiger partial charge < -0.3 is 9.47 Å². The predicted molar refractivity (Wildman–Crippen MR) is 97.9 cm³/mol. The van der Waals surface area contributed by atoms with Gasteiger partial charge in [0.05, 0.1) is 12.7 Å². The van der Waals surface area contributed by atoms with Crippen molar-refractivity contribution in [1.82, 2.24) is 10.9 Å². The van der Waals surface area contributed by atoms with E-state index < -0.39 is 17.9 Å². The Morgan fingerprint density at radius 3 is 2.29 bits per heavy atom. The quantitative estimate of drug-likeness (QED) is 0.554. The Morgan fingerprint density at radius 2 is 1.62 bits per heavy atom. The lowest BCUT2D eigenvalue weighted by Gasteiger charge is -2.17. The van der Waals surface area contributed by atoms with E-state index in [0.29, 0.717) is 17.1 Å². The molecule has 0 fully saturated rings. The van der Waals surface area contributed by atoms with E-state index in [1.54, 1.807) is 43.3 Å². The van der Waals surface area contributed by atoms with Gasteiger partial charge in [-0.1, -0.05) is 24.3 Å². The second-order valence-electron chi connectivity index (χ2n) is 4.83. The molecule has 0 aromatic heterocycles. The maximum atomic E-state index is 12.1. The van der Waals surface area contributed by atoms with Gasteiger partial charge in [0.15, 0.2) is 17.6 Å². The number of hydrogen-bond acceptors (Lipinski definition) is 4. The number of halogens is 1. The maximum Gasteiger partial charge on any atom is 0.279 e. The van der Waals surface area contributed by atoms with Crippen LogP contribution in [0.3, 0.4) is 0 Å². The van der Waals surface area contributed by atoms with Crippen molar-refractivity contribution in [1.29, 1.82) is 0 Å². The topological polar surface area (TPSA) is 76.7 Å². The van der Waals surface area contributed by atoms with Crippen LogP contribution in [0, 0.1) is 3.57 Å². The number of hydrazine groups is 1. The van der Waals surface area contributed by atoms with Crippen LogP contribution in [0.5, 0.6) is 11.5 Å². The van der Waals surface area contributed by atoms with E-state index in [1.807, 2.05) is 12.1 Å². The summed E-state index contributed by atoms with van der Waals surface area (Å²) in [4.78, 5) is 24.1. The molecule has 0 aliphatic carbocycles. The number of carbonyl (C=O) groups is 2. The number of rotatable bonds is 5. The van der Waals surface area contributed by atoms with E-state index in [9.17, 15) is 9.59 Å². The van der Waals surface area contributed by atoms with Crippen LogP contribution in [0.2, 0.25) is 0 Å². The van der Waals surface area contributed by atoms with Crippen molar-refractivity contribution in [3.8, 4) is 11.5 Å². The zero-order valence-corrected chi connectivity index (χ0v) is 15.4. The molecule has 6 nitrogen and oxygen atoms in total. The van der Waals surface area contributed by atoms with E-state index >= 15 is 0 Å². The van der Waals surface area contributed by atoms with Gasteiger partial charge in [0.2, 0.25) is 0 Å². The summed E-state index contributed by atoms with van der Waals surface area (Å²) in [6.07, 6.45) is -0.809. The van der Waals surface area contributed by atoms with Crippen LogP contribution >= 0.6 is 22.6 Å². The Labute approximate surface area is 153 Å². The molecular weight excluding hydrogens is 423 g/mol. The number of amides is 2. The molecule has 0 bridgehead atoms. The lowest BCUT2D eigenvalue weighted by Crippen LogP contribution is -2.47. The standard InChI is InChI=1S/C17H17IN2O4/c1-11(24-15-10-6-5-9-14(15)23-2)16(21)19-20-17(22)12-7-3-4-8-13(12)18/h3-11H,1-2H3,(H,19,21)(H,20,22). The SMILES string of the molecule is COc1ccccc1OC(C)C(=O)NNC(=O)c1ccccc1I. The minimum atomic E-state index is -0.809. The molecule has 24 heavy (non-hydrogen) atoms. The van der Waals surface area contributed by atoms with Crippen LogP contribution in [0.4, 0.5) is 0 Å². The molecule has 0 saturated carbocycles. The molecule has 2 aromatic rings. The summed E-state index contributed by atoms with van der Waals surface area (Å²) in [5, 5.41) is 0. The lowest BCUT2D eigenvalue weighted by atomic mass is 10.2. The number of methoxy groups -OCH3 is 1. The maximum absolute atomic E-state index is 12.1. The minimum Gasteiger partial charge on any atom is -0.493 e. The van der Waals surface area contributed by atoms with Crippen LogP contribution in [0.15, 0.2) is 48.5 Å². The molecule has 1 unspecified atom stereocenters. The zero-order chi connectivity index (χ0) is 17.5. The average molecular weight is 440 g/mol. The molecule has 0 aliphatic heterocycles. The third kappa shape index (κ3) is 4.60. The number of nitrogens with one attached hydrogen (secondary N) is 2. The Kier molecular flexibility index (Phi) is 6.42. The van der Waals surface area contributed by atoms with E-state index in [0.717, 1.165) is 3.57 Å². The fourth-order valence-electron chi connectivity index (χ4n) is 1.89. The van der Waals surface area contributed by atoms with Gasteiger partial charge in [-0.15, -0.1) is 0 Å². The molecule has 0 radical (unpaired) electrons. The summed E-state index contributed by atoms with van der Waals surface area (Å²) < 4.78 is 11.5. The molecule has 0 saturated heterocycles. The highest BCUT2D eigenvalue weighted by molar-refractivity contribution is 14.1. The largest absolute Gasteiger partial charge is 0.493 e. The van der Waals surface area contributed by atoms with E-state index in [2.05, 4.69) is 33.4 Å². The van der Waals surface area contributed by atoms with Crippen molar-refractivity contribution in [2.24, 2.45) is 0 Å². The molecule has 0 spiro atoms. The number of hydrogen-bond donors (Lipinski definition) is 2. The number of benzene rings is 2. The van der Waals surface area contributed by atoms with E-state index in [-0.39, 0.29) is 0 Å². The Morgan fingerprint density at radius 1 is 1.00 bits per heavy atom. The molecule has 7 heteroatoms. The van der Waals surface area contributed by atoms with Crippen molar-refractivity contribution in [2.75, 3.05) is 7.11 Å². The Hall–Kier alpha value is -2.29. The highest BCUT2D eigenvalue weighted by Crippen LogP contribution is 2.26. The summed E-state index contributed by atoms with van der Waals surface area (Å²) in [6.45, 7) is 1.58. The first-order valence-corrected chi connectivity index (χ1v) is 8.25. The molecule has 2 rings (SSSR count). The first-order chi connectivity index (χ1) is 11.5. The number of carbonyl (C=O) groups excluding carboxylic acids is 2. The molecule has 1 atom stereocenters. The van der Waals surface area contributed by atoms with Crippen LogP contribution in [-0.4, -0.2) is 25.0 Å². The van der Waals surface area contributed by atoms with Crippen molar-refractivity contribution in [2.45, 2.75) is 13.0 Å². The van der Waals surface area contributed by atoms with E-state index in [4.69, 9.17) is 9.47 Å². The summed E-state index contributed by atoms with van der Waals surface area (Å²) in [6, 6.07) is 14.1. The highest BCUT2D eigenvalue weighted by atomic mass is 127. The summed E-state index contributed by atoms with van der Waals surface area (Å²) in [5.41, 5.74) is 5.22. The third-order valence-corrected chi connectivity index (χ3v) is 4.10. The average Bonchev–Trinajstić information content (AvgIpc) is 2.60. The van der Waals surface area contributed by atoms with Crippen LogP contribution in [0.1, 0.15) is 17.3 Å². The minimum absolute atomic E-state index is 0.391. The van der Waals surface area contributed by atoms with Gasteiger partial charge >= 0.3 is 0 Å². The van der Waals surface area contributed by atoms with Gasteiger partial charge in [-0.3, -0.25) is 20.4 Å². The van der Waals surface area contributed by atoms with Crippen molar-refractivity contribution < 1.29 is 19.1 Å². The smallest absolute Gasteiger partial charge is 0.279 e. The Balaban J connectivity index is 1.92. The molecule has 0 aliphatic rings. The van der Waals surface area contributed by atoms with Crippen molar-refractivity contribution in [3.05, 3.63) is 57.7 Å². The zero-order valence-electron chi connectivity index (χ0n) is 13.2. The van der Waals surface area contributed by atoms with Crippen molar-refractivity contribution >= 4 is 34.4 Å². The Bertz CT molecular complexity index is 736. The van der Waals surface area contributed by atoms with Crippen LogP contribution in [0.25, 0.3) is 0 Å². The van der Waals surface area contributed by atoms with Gasteiger partial charge in [0.25, 0.3) is 11.8 Å². The second-order valence-corrected chi connectivity index (χ2v) is 6.00. The molecule has 0 heterocycles. The molecule has 2 N–H and O–H groups in total. The molecule has 126 valence electrons. The first-order valence-electron chi connectivity index (χ1n) is 7.17. The molecule has 2 aromatic carbocycles. The van der Waals surface area contributed by atoms with Gasteiger partial charge in [-0.2, -0.15) is 0 Å². The third-order valence-electron chi connectivity index (χ3n) is 3.16. The van der Waals surface area contributed by atoms with Gasteiger partial charge in [-0.05, 0) is 53.8 Å².